The van der Waals surface area contributed by atoms with Crippen LogP contribution in [-0.4, -0.2) is 95.3 Å². The summed E-state index contributed by atoms with van der Waals surface area (Å²) in [6, 6.07) is 0. The molecule has 5 N–H and O–H groups in total. The van der Waals surface area contributed by atoms with Gasteiger partial charge in [-0.1, -0.05) is 29.8 Å². The van der Waals surface area contributed by atoms with Crippen LogP contribution in [0.1, 0.15) is 32.1 Å². The standard InChI is InChI=1S/C14H27NO11S3/c1-28(20,21)7-5-3-2-4-6-10(15-26-29(22,23)24)27-14-13(19)12(18)11(17)9(8-16)25-14/h9,11-14,16-19H,2-8H2,1H3,(H,22,23,24)/t9-,11-,12+,13-,14+/m1/s1. The van der Waals surface area contributed by atoms with Crippen LogP contribution >= 0.6 is 11.8 Å². The van der Waals surface area contributed by atoms with Crippen molar-refractivity contribution in [2.75, 3.05) is 18.6 Å². The van der Waals surface area contributed by atoms with Crippen molar-refractivity contribution in [3.05, 3.63) is 0 Å². The first-order chi connectivity index (χ1) is 13.3. The van der Waals surface area contributed by atoms with Gasteiger partial charge in [-0.05, 0) is 19.3 Å². The second-order valence-corrected chi connectivity index (χ2v) is 11.0. The van der Waals surface area contributed by atoms with Gasteiger partial charge in [0.05, 0.1) is 6.61 Å². The molecule has 0 aromatic carbocycles. The summed E-state index contributed by atoms with van der Waals surface area (Å²) in [5.74, 6) is 0.0550. The lowest BCUT2D eigenvalue weighted by atomic mass is 10.0. The Labute approximate surface area is 173 Å². The summed E-state index contributed by atoms with van der Waals surface area (Å²) in [5.41, 5.74) is -1.19. The summed E-state index contributed by atoms with van der Waals surface area (Å²) in [6.45, 7) is -0.629. The lowest BCUT2D eigenvalue weighted by molar-refractivity contribution is -0.205. The van der Waals surface area contributed by atoms with Gasteiger partial charge in [0.2, 0.25) is 0 Å². The lowest BCUT2D eigenvalue weighted by Gasteiger charge is -2.39. The molecule has 0 radical (unpaired) electrons. The van der Waals surface area contributed by atoms with E-state index >= 15 is 0 Å². The zero-order chi connectivity index (χ0) is 22.2. The quantitative estimate of drug-likeness (QED) is 0.0764. The van der Waals surface area contributed by atoms with Crippen molar-refractivity contribution < 1.29 is 50.8 Å². The van der Waals surface area contributed by atoms with E-state index in [1.165, 1.54) is 0 Å². The van der Waals surface area contributed by atoms with E-state index in [9.17, 15) is 37.3 Å². The number of aliphatic hydroxyl groups excluding tert-OH is 4. The first kappa shape index (κ1) is 26.5. The minimum Gasteiger partial charge on any atom is -0.394 e. The van der Waals surface area contributed by atoms with Crippen molar-refractivity contribution in [2.45, 2.75) is 62.0 Å². The van der Waals surface area contributed by atoms with E-state index in [1.54, 1.807) is 0 Å². The molecule has 0 aromatic rings. The number of sulfone groups is 1. The summed E-state index contributed by atoms with van der Waals surface area (Å²) in [5, 5.41) is 42.2. The van der Waals surface area contributed by atoms with Gasteiger partial charge in [-0.2, -0.15) is 8.42 Å². The van der Waals surface area contributed by atoms with Gasteiger partial charge in [0, 0.05) is 12.0 Å². The normalized spacial score (nSPS) is 29.0. The molecular weight excluding hydrogens is 454 g/mol. The molecule has 1 heterocycles. The highest BCUT2D eigenvalue weighted by Crippen LogP contribution is 2.30. The summed E-state index contributed by atoms with van der Waals surface area (Å²) in [6.07, 6.45) is -2.47. The lowest BCUT2D eigenvalue weighted by Crippen LogP contribution is -2.57. The first-order valence-electron chi connectivity index (χ1n) is 8.72. The maximum atomic E-state index is 11.1. The largest absolute Gasteiger partial charge is 0.466 e. The van der Waals surface area contributed by atoms with E-state index in [1.807, 2.05) is 0 Å². The van der Waals surface area contributed by atoms with E-state index in [-0.39, 0.29) is 17.2 Å². The molecule has 0 aliphatic carbocycles. The number of rotatable bonds is 11. The Hall–Kier alpha value is -0.520. The van der Waals surface area contributed by atoms with Gasteiger partial charge >= 0.3 is 10.4 Å². The Morgan fingerprint density at radius 2 is 1.66 bits per heavy atom. The fourth-order valence-corrected chi connectivity index (χ4v) is 4.58. The highest BCUT2D eigenvalue weighted by Gasteiger charge is 2.44. The molecule has 0 aromatic heterocycles. The maximum Gasteiger partial charge on any atom is 0.466 e. The monoisotopic (exact) mass is 481 g/mol. The second kappa shape index (κ2) is 11.8. The molecule has 1 saturated heterocycles. The third-order valence-corrected chi connectivity index (χ3v) is 6.46. The van der Waals surface area contributed by atoms with Crippen molar-refractivity contribution in [2.24, 2.45) is 5.16 Å². The van der Waals surface area contributed by atoms with E-state index in [0.29, 0.717) is 37.4 Å². The highest BCUT2D eigenvalue weighted by atomic mass is 32.3. The molecule has 1 fully saturated rings. The number of ether oxygens (including phenoxy) is 1. The Balaban J connectivity index is 2.70. The molecular formula is C14H27NO11S3. The predicted octanol–water partition coefficient (Wildman–Crippen LogP) is -1.35. The molecule has 0 unspecified atom stereocenters. The number of thioether (sulfide) groups is 1. The van der Waals surface area contributed by atoms with Crippen LogP contribution < -0.4 is 0 Å². The molecule has 1 aliphatic heterocycles. The zero-order valence-corrected chi connectivity index (χ0v) is 18.1. The van der Waals surface area contributed by atoms with Crippen LogP contribution in [0, 0.1) is 0 Å². The Morgan fingerprint density at radius 3 is 2.21 bits per heavy atom. The van der Waals surface area contributed by atoms with Gasteiger partial charge in [-0.3, -0.25) is 4.55 Å². The Bertz CT molecular complexity index is 738. The topological polar surface area (TPSA) is 200 Å². The highest BCUT2D eigenvalue weighted by molar-refractivity contribution is 8.14. The fourth-order valence-electron chi connectivity index (χ4n) is 2.51. The molecule has 5 atom stereocenters. The molecule has 0 amide bonds. The molecule has 1 aliphatic rings. The number of nitrogens with zero attached hydrogens (tertiary/aromatic N) is 1. The van der Waals surface area contributed by atoms with Crippen molar-refractivity contribution in [1.82, 2.24) is 0 Å². The van der Waals surface area contributed by atoms with Gasteiger partial charge in [-0.15, -0.1) is 0 Å². The molecule has 0 spiro atoms. The molecule has 1 rings (SSSR count). The summed E-state index contributed by atoms with van der Waals surface area (Å²) in [7, 11) is -7.91. The third kappa shape index (κ3) is 10.4. The SMILES string of the molecule is CS(=O)(=O)CCCCCCC(=NOS(=O)(=O)O)S[C@@H]1O[C@H](CO)[C@@H](O)[C@H](O)[C@H]1O. The van der Waals surface area contributed by atoms with E-state index in [4.69, 9.17) is 9.29 Å². The fraction of sp³-hybridized carbons (Fsp3) is 0.929. The van der Waals surface area contributed by atoms with E-state index in [2.05, 4.69) is 9.44 Å². The maximum absolute atomic E-state index is 11.1. The van der Waals surface area contributed by atoms with Crippen molar-refractivity contribution in [1.29, 1.82) is 0 Å². The van der Waals surface area contributed by atoms with Gasteiger partial charge in [0.1, 0.15) is 44.7 Å². The molecule has 15 heteroatoms. The number of unbranched alkanes of at least 4 members (excludes halogenated alkanes) is 3. The number of aliphatic hydroxyl groups is 4. The number of oxime groups is 1. The van der Waals surface area contributed by atoms with Gasteiger partial charge < -0.3 is 25.2 Å². The minimum atomic E-state index is -4.86. The molecule has 0 bridgehead atoms. The van der Waals surface area contributed by atoms with Crippen molar-refractivity contribution in [3.63, 3.8) is 0 Å². The van der Waals surface area contributed by atoms with Crippen LogP contribution in [0.25, 0.3) is 0 Å². The van der Waals surface area contributed by atoms with E-state index in [0.717, 1.165) is 6.26 Å². The van der Waals surface area contributed by atoms with Crippen LogP contribution in [0.4, 0.5) is 0 Å². The van der Waals surface area contributed by atoms with Gasteiger partial charge in [0.15, 0.2) is 0 Å². The van der Waals surface area contributed by atoms with E-state index < -0.39 is 56.7 Å². The van der Waals surface area contributed by atoms with Crippen LogP contribution in [-0.2, 0) is 29.3 Å². The number of hydrogen-bond acceptors (Lipinski definition) is 12. The van der Waals surface area contributed by atoms with Crippen LogP contribution in [0.3, 0.4) is 0 Å². The average molecular weight is 482 g/mol. The van der Waals surface area contributed by atoms with Crippen LogP contribution in [0.15, 0.2) is 5.16 Å². The van der Waals surface area contributed by atoms with Crippen LogP contribution in [0.5, 0.6) is 0 Å². The smallest absolute Gasteiger partial charge is 0.394 e. The minimum absolute atomic E-state index is 0.00932. The second-order valence-electron chi connectivity index (χ2n) is 6.60. The van der Waals surface area contributed by atoms with Crippen molar-refractivity contribution >= 4 is 37.0 Å². The van der Waals surface area contributed by atoms with Crippen LogP contribution in [0.2, 0.25) is 0 Å². The predicted molar refractivity (Wildman–Crippen MR) is 104 cm³/mol. The molecule has 12 nitrogen and oxygen atoms in total. The Kier molecular flexibility index (Phi) is 10.8. The Morgan fingerprint density at radius 1 is 1.03 bits per heavy atom. The summed E-state index contributed by atoms with van der Waals surface area (Å²) >= 11 is 0.707. The molecule has 0 saturated carbocycles. The molecule has 172 valence electrons. The summed E-state index contributed by atoms with van der Waals surface area (Å²) in [4.78, 5) is 0. The first-order valence-corrected chi connectivity index (χ1v) is 13.0. The van der Waals surface area contributed by atoms with Crippen molar-refractivity contribution in [3.8, 4) is 0 Å². The zero-order valence-electron chi connectivity index (χ0n) is 15.7. The van der Waals surface area contributed by atoms with Gasteiger partial charge in [0.25, 0.3) is 0 Å². The van der Waals surface area contributed by atoms with Gasteiger partial charge in [-0.25, -0.2) is 12.7 Å². The summed E-state index contributed by atoms with van der Waals surface area (Å²) < 4.78 is 61.7. The number of hydrogen-bond donors (Lipinski definition) is 5. The molecule has 29 heavy (non-hydrogen) atoms. The average Bonchev–Trinajstić information content (AvgIpc) is 2.60. The third-order valence-electron chi connectivity index (χ3n) is 3.99.